The highest BCUT2D eigenvalue weighted by molar-refractivity contribution is 6.32. The van der Waals surface area contributed by atoms with E-state index in [1.807, 2.05) is 0 Å². The summed E-state index contributed by atoms with van der Waals surface area (Å²) < 4.78 is 9.76. The molecule has 0 saturated carbocycles. The number of methoxy groups -OCH3 is 1. The van der Waals surface area contributed by atoms with E-state index in [2.05, 4.69) is 0 Å². The van der Waals surface area contributed by atoms with Crippen molar-refractivity contribution in [2.45, 2.75) is 6.92 Å². The van der Waals surface area contributed by atoms with E-state index < -0.39 is 5.97 Å². The normalized spacial score (nSPS) is 10.7. The monoisotopic (exact) mass is 265 g/mol. The maximum absolute atomic E-state index is 11.4. The van der Waals surface area contributed by atoms with Gasteiger partial charge in [-0.25, -0.2) is 4.79 Å². The summed E-state index contributed by atoms with van der Waals surface area (Å²) >= 11 is 6.00. The first kappa shape index (κ1) is 14.1. The number of hydrogen-bond acceptors (Lipinski definition) is 4. The van der Waals surface area contributed by atoms with E-state index in [1.54, 1.807) is 31.2 Å². The van der Waals surface area contributed by atoms with E-state index in [4.69, 9.17) is 26.3 Å². The number of nitrogens with zero attached hydrogens (tertiary/aromatic N) is 1. The van der Waals surface area contributed by atoms with Gasteiger partial charge in [0, 0.05) is 0 Å². The van der Waals surface area contributed by atoms with Crippen LogP contribution in [0.15, 0.2) is 23.8 Å². The molecule has 0 amide bonds. The second kappa shape index (κ2) is 6.67. The van der Waals surface area contributed by atoms with Gasteiger partial charge in [-0.1, -0.05) is 11.6 Å². The average Bonchev–Trinajstić information content (AvgIpc) is 2.37. The predicted molar refractivity (Wildman–Crippen MR) is 68.2 cm³/mol. The fourth-order valence-electron chi connectivity index (χ4n) is 1.25. The van der Waals surface area contributed by atoms with Crippen molar-refractivity contribution in [3.8, 4) is 11.8 Å². The third kappa shape index (κ3) is 3.51. The van der Waals surface area contributed by atoms with Crippen molar-refractivity contribution in [2.24, 2.45) is 0 Å². The number of carbonyl (C=O) groups excluding carboxylic acids is 1. The summed E-state index contributed by atoms with van der Waals surface area (Å²) in [5, 5.41) is 9.28. The van der Waals surface area contributed by atoms with Crippen LogP contribution in [0.3, 0.4) is 0 Å². The Hall–Kier alpha value is -1.99. The van der Waals surface area contributed by atoms with Gasteiger partial charge in [0.1, 0.15) is 17.4 Å². The van der Waals surface area contributed by atoms with Crippen molar-refractivity contribution in [1.29, 1.82) is 5.26 Å². The molecule has 0 fully saturated rings. The van der Waals surface area contributed by atoms with Gasteiger partial charge in [-0.3, -0.25) is 0 Å². The molecular formula is C13H12ClNO3. The molecule has 0 radical (unpaired) electrons. The number of ether oxygens (including phenoxy) is 2. The Bertz CT molecular complexity index is 517. The fourth-order valence-corrected chi connectivity index (χ4v) is 1.48. The standard InChI is InChI=1S/C13H12ClNO3/c1-3-18-13(16)10(8-15)6-9-4-5-11(17-2)7-12(9)14/h4-7H,3H2,1-2H3. The lowest BCUT2D eigenvalue weighted by Gasteiger charge is -2.04. The molecule has 0 saturated heterocycles. The maximum Gasteiger partial charge on any atom is 0.348 e. The summed E-state index contributed by atoms with van der Waals surface area (Å²) in [6, 6.07) is 6.75. The Morgan fingerprint density at radius 3 is 2.78 bits per heavy atom. The predicted octanol–water partition coefficient (Wildman–Crippen LogP) is 2.82. The molecule has 1 aromatic carbocycles. The quantitative estimate of drug-likeness (QED) is 0.477. The van der Waals surface area contributed by atoms with Gasteiger partial charge in [-0.2, -0.15) is 5.26 Å². The van der Waals surface area contributed by atoms with E-state index >= 15 is 0 Å². The van der Waals surface area contributed by atoms with Gasteiger partial charge in [-0.05, 0) is 36.8 Å². The highest BCUT2D eigenvalue weighted by Crippen LogP contribution is 2.24. The highest BCUT2D eigenvalue weighted by Gasteiger charge is 2.11. The van der Waals surface area contributed by atoms with Crippen LogP contribution in [-0.2, 0) is 9.53 Å². The van der Waals surface area contributed by atoms with Crippen LogP contribution in [0.25, 0.3) is 6.08 Å². The van der Waals surface area contributed by atoms with Crippen molar-refractivity contribution in [3.63, 3.8) is 0 Å². The lowest BCUT2D eigenvalue weighted by atomic mass is 10.1. The van der Waals surface area contributed by atoms with Crippen molar-refractivity contribution >= 4 is 23.6 Å². The van der Waals surface area contributed by atoms with E-state index in [-0.39, 0.29) is 12.2 Å². The lowest BCUT2D eigenvalue weighted by molar-refractivity contribution is -0.137. The summed E-state index contributed by atoms with van der Waals surface area (Å²) in [4.78, 5) is 11.4. The SMILES string of the molecule is CCOC(=O)C(C#N)=Cc1ccc(OC)cc1Cl. The average molecular weight is 266 g/mol. The first-order valence-electron chi connectivity index (χ1n) is 5.24. The maximum atomic E-state index is 11.4. The van der Waals surface area contributed by atoms with Crippen LogP contribution >= 0.6 is 11.6 Å². The topological polar surface area (TPSA) is 59.3 Å². The summed E-state index contributed by atoms with van der Waals surface area (Å²) in [5.41, 5.74) is 0.464. The molecule has 5 heteroatoms. The summed E-state index contributed by atoms with van der Waals surface area (Å²) in [6.07, 6.45) is 1.39. The Kier molecular flexibility index (Phi) is 5.22. The molecule has 0 N–H and O–H groups in total. The Balaban J connectivity index is 3.07. The molecule has 94 valence electrons. The van der Waals surface area contributed by atoms with E-state index in [1.165, 1.54) is 13.2 Å². The van der Waals surface area contributed by atoms with E-state index in [0.29, 0.717) is 16.3 Å². The molecule has 1 aromatic rings. The second-order valence-corrected chi connectivity index (χ2v) is 3.68. The molecule has 0 bridgehead atoms. The zero-order valence-electron chi connectivity index (χ0n) is 10.1. The zero-order chi connectivity index (χ0) is 13.5. The number of halogens is 1. The van der Waals surface area contributed by atoms with Gasteiger partial charge in [0.15, 0.2) is 0 Å². The van der Waals surface area contributed by atoms with E-state index in [0.717, 1.165) is 0 Å². The molecule has 0 aliphatic carbocycles. The third-order valence-electron chi connectivity index (χ3n) is 2.12. The van der Waals surface area contributed by atoms with Crippen LogP contribution in [0.2, 0.25) is 5.02 Å². The number of esters is 1. The first-order valence-corrected chi connectivity index (χ1v) is 5.62. The van der Waals surface area contributed by atoms with Crippen LogP contribution in [0.5, 0.6) is 5.75 Å². The minimum atomic E-state index is -0.660. The highest BCUT2D eigenvalue weighted by atomic mass is 35.5. The molecule has 0 heterocycles. The van der Waals surface area contributed by atoms with E-state index in [9.17, 15) is 4.79 Å². The molecule has 0 aliphatic rings. The summed E-state index contributed by atoms with van der Waals surface area (Å²) in [5.74, 6) is -0.0568. The number of benzene rings is 1. The van der Waals surface area contributed by atoms with Crippen LogP contribution in [0.1, 0.15) is 12.5 Å². The Labute approximate surface area is 110 Å². The fraction of sp³-hybridized carbons (Fsp3) is 0.231. The van der Waals surface area contributed by atoms with Gasteiger partial charge in [0.05, 0.1) is 18.7 Å². The first-order chi connectivity index (χ1) is 8.62. The summed E-state index contributed by atoms with van der Waals surface area (Å²) in [6.45, 7) is 1.89. The molecule has 0 atom stereocenters. The van der Waals surface area contributed by atoms with Crippen molar-refractivity contribution in [1.82, 2.24) is 0 Å². The van der Waals surface area contributed by atoms with Gasteiger partial charge >= 0.3 is 5.97 Å². The zero-order valence-corrected chi connectivity index (χ0v) is 10.8. The van der Waals surface area contributed by atoms with Gasteiger partial charge in [0.2, 0.25) is 0 Å². The van der Waals surface area contributed by atoms with Crippen molar-refractivity contribution in [3.05, 3.63) is 34.4 Å². The molecule has 0 spiro atoms. The van der Waals surface area contributed by atoms with Crippen LogP contribution < -0.4 is 4.74 Å². The van der Waals surface area contributed by atoms with Crippen LogP contribution in [0.4, 0.5) is 0 Å². The molecule has 4 nitrogen and oxygen atoms in total. The smallest absolute Gasteiger partial charge is 0.348 e. The van der Waals surface area contributed by atoms with Gasteiger partial charge in [-0.15, -0.1) is 0 Å². The number of rotatable bonds is 4. The van der Waals surface area contributed by atoms with Gasteiger partial charge < -0.3 is 9.47 Å². The molecular weight excluding hydrogens is 254 g/mol. The Morgan fingerprint density at radius 1 is 1.56 bits per heavy atom. The third-order valence-corrected chi connectivity index (χ3v) is 2.45. The van der Waals surface area contributed by atoms with Crippen LogP contribution in [0, 0.1) is 11.3 Å². The minimum Gasteiger partial charge on any atom is -0.497 e. The molecule has 0 aliphatic heterocycles. The number of nitriles is 1. The minimum absolute atomic E-state index is 0.0936. The summed E-state index contributed by atoms with van der Waals surface area (Å²) in [7, 11) is 1.53. The van der Waals surface area contributed by atoms with Gasteiger partial charge in [0.25, 0.3) is 0 Å². The van der Waals surface area contributed by atoms with Crippen molar-refractivity contribution in [2.75, 3.05) is 13.7 Å². The Morgan fingerprint density at radius 2 is 2.28 bits per heavy atom. The largest absolute Gasteiger partial charge is 0.497 e. The molecule has 18 heavy (non-hydrogen) atoms. The molecule has 0 unspecified atom stereocenters. The number of carbonyl (C=O) groups is 1. The number of hydrogen-bond donors (Lipinski definition) is 0. The molecule has 0 aromatic heterocycles. The van der Waals surface area contributed by atoms with Crippen molar-refractivity contribution < 1.29 is 14.3 Å². The molecule has 1 rings (SSSR count). The lowest BCUT2D eigenvalue weighted by Crippen LogP contribution is -2.06. The second-order valence-electron chi connectivity index (χ2n) is 3.28. The van der Waals surface area contributed by atoms with Crippen LogP contribution in [-0.4, -0.2) is 19.7 Å².